The van der Waals surface area contributed by atoms with Gasteiger partial charge in [0, 0.05) is 11.1 Å². The van der Waals surface area contributed by atoms with Crippen LogP contribution < -0.4 is 0 Å². The number of oxime groups is 1. The Bertz CT molecular complexity index is 910. The topological polar surface area (TPSA) is 97.2 Å². The van der Waals surface area contributed by atoms with E-state index in [1.807, 2.05) is 12.1 Å². The molecular weight excluding hydrogens is 361 g/mol. The van der Waals surface area contributed by atoms with Gasteiger partial charge in [0.25, 0.3) is 0 Å². The van der Waals surface area contributed by atoms with Gasteiger partial charge in [0.1, 0.15) is 18.4 Å². The fraction of sp³-hybridized carbons (Fsp3) is 0.111. The summed E-state index contributed by atoms with van der Waals surface area (Å²) in [5.41, 5.74) is 3.45. The molecule has 0 bridgehead atoms. The summed E-state index contributed by atoms with van der Waals surface area (Å²) in [4.78, 5) is 10.4. The van der Waals surface area contributed by atoms with E-state index in [0.29, 0.717) is 37.9 Å². The standard InChI is InChI=1S/C9H7ClN2O.C9H6ClNO/c1-6-8(5-12-13)3-2-7(4-11)9(6)10;1-6-8(5-12)3-2-7(4-11)9(6)10/h2-3,5,13H,1H3;2-3,5H,1H3. The molecule has 0 heterocycles. The minimum Gasteiger partial charge on any atom is -0.411 e. The third-order valence-corrected chi connectivity index (χ3v) is 4.40. The predicted octanol–water partition coefficient (Wildman–Crippen LogP) is 4.66. The van der Waals surface area contributed by atoms with Crippen molar-refractivity contribution in [2.24, 2.45) is 5.16 Å². The van der Waals surface area contributed by atoms with Crippen LogP contribution in [0.2, 0.25) is 10.0 Å². The van der Waals surface area contributed by atoms with Crippen LogP contribution in [0.3, 0.4) is 0 Å². The predicted molar refractivity (Wildman–Crippen MR) is 96.6 cm³/mol. The fourth-order valence-corrected chi connectivity index (χ4v) is 2.33. The molecule has 0 fully saturated rings. The Morgan fingerprint density at radius 1 is 0.960 bits per heavy atom. The zero-order chi connectivity index (χ0) is 19.0. The van der Waals surface area contributed by atoms with Gasteiger partial charge in [-0.3, -0.25) is 4.79 Å². The number of nitrogens with zero attached hydrogens (tertiary/aromatic N) is 3. The maximum Gasteiger partial charge on any atom is 0.150 e. The van der Waals surface area contributed by atoms with E-state index in [-0.39, 0.29) is 0 Å². The second-order valence-electron chi connectivity index (χ2n) is 4.87. The lowest BCUT2D eigenvalue weighted by Crippen LogP contribution is -1.90. The molecule has 0 aliphatic rings. The number of nitriles is 2. The molecule has 126 valence electrons. The second kappa shape index (κ2) is 9.44. The van der Waals surface area contributed by atoms with Crippen molar-refractivity contribution in [3.05, 3.63) is 67.7 Å². The quantitative estimate of drug-likeness (QED) is 0.358. The molecule has 0 atom stereocenters. The molecule has 0 aliphatic heterocycles. The van der Waals surface area contributed by atoms with Crippen molar-refractivity contribution in [3.63, 3.8) is 0 Å². The van der Waals surface area contributed by atoms with Gasteiger partial charge < -0.3 is 5.21 Å². The molecule has 25 heavy (non-hydrogen) atoms. The summed E-state index contributed by atoms with van der Waals surface area (Å²) in [7, 11) is 0. The first-order valence-electron chi connectivity index (χ1n) is 6.92. The third kappa shape index (κ3) is 4.81. The van der Waals surface area contributed by atoms with Crippen LogP contribution in [-0.4, -0.2) is 17.7 Å². The monoisotopic (exact) mass is 373 g/mol. The second-order valence-corrected chi connectivity index (χ2v) is 5.62. The summed E-state index contributed by atoms with van der Waals surface area (Å²) >= 11 is 11.7. The lowest BCUT2D eigenvalue weighted by molar-refractivity contribution is 0.112. The van der Waals surface area contributed by atoms with Gasteiger partial charge in [-0.05, 0) is 37.1 Å². The molecule has 0 amide bonds. The number of hydrogen-bond donors (Lipinski definition) is 1. The van der Waals surface area contributed by atoms with Crippen molar-refractivity contribution in [1.29, 1.82) is 10.5 Å². The van der Waals surface area contributed by atoms with Crippen LogP contribution in [0.4, 0.5) is 0 Å². The number of hydrogen-bond acceptors (Lipinski definition) is 5. The number of rotatable bonds is 2. The molecular formula is C18H13Cl2N3O2. The van der Waals surface area contributed by atoms with Crippen LogP contribution in [0, 0.1) is 36.5 Å². The molecule has 5 nitrogen and oxygen atoms in total. The Balaban J connectivity index is 0.000000251. The average molecular weight is 374 g/mol. The Hall–Kier alpha value is -2.86. The van der Waals surface area contributed by atoms with E-state index in [1.165, 1.54) is 6.21 Å². The van der Waals surface area contributed by atoms with Gasteiger partial charge in [-0.25, -0.2) is 0 Å². The average Bonchev–Trinajstić information content (AvgIpc) is 2.62. The normalized spacial score (nSPS) is 9.68. The van der Waals surface area contributed by atoms with E-state index >= 15 is 0 Å². The maximum absolute atomic E-state index is 10.4. The van der Waals surface area contributed by atoms with Crippen LogP contribution in [-0.2, 0) is 0 Å². The van der Waals surface area contributed by atoms with Gasteiger partial charge in [-0.15, -0.1) is 0 Å². The fourth-order valence-electron chi connectivity index (χ4n) is 1.90. The van der Waals surface area contributed by atoms with Crippen LogP contribution in [0.15, 0.2) is 29.4 Å². The Kier molecular flexibility index (Phi) is 7.62. The smallest absolute Gasteiger partial charge is 0.150 e. The van der Waals surface area contributed by atoms with Crippen LogP contribution in [0.5, 0.6) is 0 Å². The first-order chi connectivity index (χ1) is 11.9. The van der Waals surface area contributed by atoms with Gasteiger partial charge in [0.05, 0.1) is 27.4 Å². The summed E-state index contributed by atoms with van der Waals surface area (Å²) in [5.74, 6) is 0. The zero-order valence-electron chi connectivity index (χ0n) is 13.4. The van der Waals surface area contributed by atoms with Crippen molar-refractivity contribution in [2.75, 3.05) is 0 Å². The highest BCUT2D eigenvalue weighted by Crippen LogP contribution is 2.23. The molecule has 0 aromatic heterocycles. The van der Waals surface area contributed by atoms with E-state index in [1.54, 1.807) is 38.1 Å². The van der Waals surface area contributed by atoms with E-state index in [0.717, 1.165) is 11.8 Å². The SMILES string of the molecule is Cc1c(C=NO)ccc(C#N)c1Cl.Cc1c(C=O)ccc(C#N)c1Cl. The van der Waals surface area contributed by atoms with Crippen molar-refractivity contribution in [3.8, 4) is 12.1 Å². The van der Waals surface area contributed by atoms with Gasteiger partial charge in [0.15, 0.2) is 0 Å². The van der Waals surface area contributed by atoms with Crippen LogP contribution in [0.25, 0.3) is 0 Å². The van der Waals surface area contributed by atoms with Crippen molar-refractivity contribution < 1.29 is 10.0 Å². The molecule has 0 unspecified atom stereocenters. The Labute approximate surface area is 155 Å². The first kappa shape index (κ1) is 20.2. The molecule has 2 aromatic rings. The van der Waals surface area contributed by atoms with E-state index in [9.17, 15) is 4.79 Å². The molecule has 0 spiro atoms. The number of carbonyl (C=O) groups excluding carboxylic acids is 1. The summed E-state index contributed by atoms with van der Waals surface area (Å²) in [6.45, 7) is 3.48. The molecule has 2 aromatic carbocycles. The van der Waals surface area contributed by atoms with E-state index in [4.69, 9.17) is 38.9 Å². The largest absolute Gasteiger partial charge is 0.411 e. The van der Waals surface area contributed by atoms with Gasteiger partial charge in [0.2, 0.25) is 0 Å². The summed E-state index contributed by atoms with van der Waals surface area (Å²) in [6.07, 6.45) is 2.00. The minimum atomic E-state index is 0.363. The van der Waals surface area contributed by atoms with Crippen molar-refractivity contribution in [1.82, 2.24) is 0 Å². The van der Waals surface area contributed by atoms with Gasteiger partial charge >= 0.3 is 0 Å². The minimum absolute atomic E-state index is 0.363. The molecule has 0 saturated carbocycles. The van der Waals surface area contributed by atoms with E-state index < -0.39 is 0 Å². The third-order valence-electron chi connectivity index (χ3n) is 3.42. The lowest BCUT2D eigenvalue weighted by atomic mass is 10.1. The molecule has 1 N–H and O–H groups in total. The van der Waals surface area contributed by atoms with Crippen molar-refractivity contribution >= 4 is 35.7 Å². The van der Waals surface area contributed by atoms with Gasteiger partial charge in [-0.1, -0.05) is 40.5 Å². The maximum atomic E-state index is 10.4. The number of aldehydes is 1. The Morgan fingerprint density at radius 3 is 1.80 bits per heavy atom. The summed E-state index contributed by atoms with van der Waals surface area (Å²) < 4.78 is 0. The molecule has 0 saturated heterocycles. The van der Waals surface area contributed by atoms with Crippen LogP contribution >= 0.6 is 23.2 Å². The summed E-state index contributed by atoms with van der Waals surface area (Å²) in [5, 5.41) is 29.2. The lowest BCUT2D eigenvalue weighted by Gasteiger charge is -2.02. The van der Waals surface area contributed by atoms with Crippen LogP contribution in [0.1, 0.15) is 38.2 Å². The highest BCUT2D eigenvalue weighted by Gasteiger charge is 2.06. The molecule has 0 aliphatic carbocycles. The first-order valence-corrected chi connectivity index (χ1v) is 7.67. The number of carbonyl (C=O) groups is 1. The molecule has 0 radical (unpaired) electrons. The zero-order valence-corrected chi connectivity index (χ0v) is 14.9. The number of benzene rings is 2. The van der Waals surface area contributed by atoms with Gasteiger partial charge in [-0.2, -0.15) is 10.5 Å². The molecule has 7 heteroatoms. The molecule has 2 rings (SSSR count). The summed E-state index contributed by atoms with van der Waals surface area (Å²) in [6, 6.07) is 10.3. The highest BCUT2D eigenvalue weighted by atomic mass is 35.5. The number of halogens is 2. The van der Waals surface area contributed by atoms with E-state index in [2.05, 4.69) is 5.16 Å². The Morgan fingerprint density at radius 2 is 1.40 bits per heavy atom. The highest BCUT2D eigenvalue weighted by molar-refractivity contribution is 6.33. The van der Waals surface area contributed by atoms with Crippen molar-refractivity contribution in [2.45, 2.75) is 13.8 Å².